The molecule has 3 rings (SSSR count). The Morgan fingerprint density at radius 2 is 1.89 bits per heavy atom. The molecule has 0 aliphatic heterocycles. The molecular formula is C20H26N4O3. The lowest BCUT2D eigenvalue weighted by atomic mass is 10.2. The van der Waals surface area contributed by atoms with Crippen LogP contribution in [0.15, 0.2) is 24.3 Å². The van der Waals surface area contributed by atoms with Crippen LogP contribution < -0.4 is 5.32 Å². The zero-order valence-electron chi connectivity index (χ0n) is 16.2. The van der Waals surface area contributed by atoms with Gasteiger partial charge in [0.05, 0.1) is 29.3 Å². The Bertz CT molecular complexity index is 853. The largest absolute Gasteiger partial charge is 0.480 e. The summed E-state index contributed by atoms with van der Waals surface area (Å²) in [6.45, 7) is 7.48. The van der Waals surface area contributed by atoms with Gasteiger partial charge in [-0.3, -0.25) is 14.5 Å². The van der Waals surface area contributed by atoms with Gasteiger partial charge < -0.3 is 10.4 Å². The van der Waals surface area contributed by atoms with Crippen LogP contribution >= 0.6 is 0 Å². The molecule has 1 saturated carbocycles. The van der Waals surface area contributed by atoms with E-state index in [4.69, 9.17) is 0 Å². The highest BCUT2D eigenvalue weighted by Gasteiger charge is 2.36. The SMILES string of the molecule is Cc1ccc(-n2nc(C)c(NC(=O)CN(C3CC3)C(C)C(=O)O)c2C)cc1. The lowest BCUT2D eigenvalue weighted by Crippen LogP contribution is -2.44. The first-order valence-electron chi connectivity index (χ1n) is 9.19. The van der Waals surface area contributed by atoms with E-state index >= 15 is 0 Å². The molecule has 0 spiro atoms. The van der Waals surface area contributed by atoms with E-state index in [1.807, 2.05) is 49.7 Å². The Hall–Kier alpha value is -2.67. The van der Waals surface area contributed by atoms with Crippen molar-refractivity contribution in [2.24, 2.45) is 0 Å². The Morgan fingerprint density at radius 3 is 2.44 bits per heavy atom. The molecule has 27 heavy (non-hydrogen) atoms. The summed E-state index contributed by atoms with van der Waals surface area (Å²) in [6.07, 6.45) is 1.88. The maximum absolute atomic E-state index is 12.6. The van der Waals surface area contributed by atoms with Crippen LogP contribution in [-0.2, 0) is 9.59 Å². The number of carboxylic acids is 1. The fourth-order valence-corrected chi connectivity index (χ4v) is 3.24. The van der Waals surface area contributed by atoms with Crippen molar-refractivity contribution >= 4 is 17.6 Å². The standard InChI is InChI=1S/C20H26N4O3/c1-12-5-7-17(8-6-12)24-14(3)19(13(2)22-24)21-18(25)11-23(16-9-10-16)15(4)20(26)27/h5-8,15-16H,9-11H2,1-4H3,(H,21,25)(H,26,27). The average Bonchev–Trinajstić information content (AvgIpc) is 3.42. The number of benzene rings is 1. The van der Waals surface area contributed by atoms with Crippen molar-refractivity contribution in [3.05, 3.63) is 41.2 Å². The molecular weight excluding hydrogens is 344 g/mol. The third-order valence-corrected chi connectivity index (χ3v) is 5.03. The Morgan fingerprint density at radius 1 is 1.26 bits per heavy atom. The third kappa shape index (κ3) is 4.19. The Kier molecular flexibility index (Phi) is 5.32. The number of rotatable bonds is 7. The number of anilines is 1. The van der Waals surface area contributed by atoms with Crippen LogP contribution in [0.2, 0.25) is 0 Å². The van der Waals surface area contributed by atoms with Crippen molar-refractivity contribution in [3.63, 3.8) is 0 Å². The van der Waals surface area contributed by atoms with E-state index in [1.165, 1.54) is 5.56 Å². The number of aryl methyl sites for hydroxylation is 2. The quantitative estimate of drug-likeness (QED) is 0.782. The smallest absolute Gasteiger partial charge is 0.320 e. The molecule has 2 aromatic rings. The van der Waals surface area contributed by atoms with E-state index in [0.29, 0.717) is 5.69 Å². The normalized spacial score (nSPS) is 15.0. The second-order valence-corrected chi connectivity index (χ2v) is 7.26. The van der Waals surface area contributed by atoms with Crippen LogP contribution in [-0.4, -0.2) is 50.3 Å². The van der Waals surface area contributed by atoms with Gasteiger partial charge in [0, 0.05) is 6.04 Å². The number of amides is 1. The summed E-state index contributed by atoms with van der Waals surface area (Å²) in [5.74, 6) is -1.13. The number of hydrogen-bond donors (Lipinski definition) is 2. The van der Waals surface area contributed by atoms with E-state index < -0.39 is 12.0 Å². The number of carbonyl (C=O) groups is 2. The Labute approximate surface area is 159 Å². The van der Waals surface area contributed by atoms with Gasteiger partial charge in [0.2, 0.25) is 5.91 Å². The second-order valence-electron chi connectivity index (χ2n) is 7.26. The number of hydrogen-bond acceptors (Lipinski definition) is 4. The Balaban J connectivity index is 1.76. The van der Waals surface area contributed by atoms with Gasteiger partial charge in [-0.2, -0.15) is 5.10 Å². The van der Waals surface area contributed by atoms with Gasteiger partial charge >= 0.3 is 5.97 Å². The zero-order valence-corrected chi connectivity index (χ0v) is 16.2. The minimum Gasteiger partial charge on any atom is -0.480 e. The molecule has 1 atom stereocenters. The topological polar surface area (TPSA) is 87.5 Å². The van der Waals surface area contributed by atoms with Crippen LogP contribution in [0.25, 0.3) is 5.69 Å². The molecule has 0 radical (unpaired) electrons. The predicted molar refractivity (Wildman–Crippen MR) is 103 cm³/mol. The van der Waals surface area contributed by atoms with Gasteiger partial charge in [0.25, 0.3) is 0 Å². The average molecular weight is 370 g/mol. The predicted octanol–water partition coefficient (Wildman–Crippen LogP) is 2.67. The highest BCUT2D eigenvalue weighted by molar-refractivity contribution is 5.93. The van der Waals surface area contributed by atoms with E-state index in [1.54, 1.807) is 11.8 Å². The number of carboxylic acid groups (broad SMARTS) is 1. The minimum atomic E-state index is -0.908. The minimum absolute atomic E-state index is 0.0622. The van der Waals surface area contributed by atoms with Crippen molar-refractivity contribution in [1.29, 1.82) is 0 Å². The summed E-state index contributed by atoms with van der Waals surface area (Å²) in [6, 6.07) is 7.52. The first kappa shape index (κ1) is 19.1. The molecule has 7 heteroatoms. The molecule has 144 valence electrons. The van der Waals surface area contributed by atoms with Gasteiger partial charge in [-0.25, -0.2) is 4.68 Å². The number of nitrogens with zero attached hydrogens (tertiary/aromatic N) is 3. The highest BCUT2D eigenvalue weighted by Crippen LogP contribution is 2.29. The summed E-state index contributed by atoms with van der Waals surface area (Å²) in [4.78, 5) is 25.7. The fourth-order valence-electron chi connectivity index (χ4n) is 3.24. The zero-order chi connectivity index (χ0) is 19.7. The van der Waals surface area contributed by atoms with Crippen molar-refractivity contribution < 1.29 is 14.7 Å². The maximum atomic E-state index is 12.6. The molecule has 1 heterocycles. The molecule has 2 N–H and O–H groups in total. The number of aliphatic carboxylic acids is 1. The van der Waals surface area contributed by atoms with Crippen LogP contribution in [0.1, 0.15) is 36.7 Å². The number of aromatic nitrogens is 2. The van der Waals surface area contributed by atoms with Crippen molar-refractivity contribution in [1.82, 2.24) is 14.7 Å². The summed E-state index contributed by atoms with van der Waals surface area (Å²) in [5.41, 5.74) is 4.35. The van der Waals surface area contributed by atoms with Gasteiger partial charge in [-0.15, -0.1) is 0 Å². The maximum Gasteiger partial charge on any atom is 0.320 e. The van der Waals surface area contributed by atoms with E-state index in [2.05, 4.69) is 10.4 Å². The van der Waals surface area contributed by atoms with Crippen molar-refractivity contribution in [3.8, 4) is 5.69 Å². The van der Waals surface area contributed by atoms with Gasteiger partial charge in [0.15, 0.2) is 0 Å². The van der Waals surface area contributed by atoms with Gasteiger partial charge in [-0.1, -0.05) is 17.7 Å². The van der Waals surface area contributed by atoms with Crippen LogP contribution in [0.4, 0.5) is 5.69 Å². The molecule has 0 bridgehead atoms. The molecule has 0 saturated heterocycles. The third-order valence-electron chi connectivity index (χ3n) is 5.03. The van der Waals surface area contributed by atoms with Gasteiger partial charge in [-0.05, 0) is 52.7 Å². The molecule has 1 aliphatic rings. The molecule has 1 amide bonds. The molecule has 1 aromatic carbocycles. The summed E-state index contributed by atoms with van der Waals surface area (Å²) in [7, 11) is 0. The van der Waals surface area contributed by atoms with Crippen molar-refractivity contribution in [2.45, 2.75) is 52.6 Å². The lowest BCUT2D eigenvalue weighted by Gasteiger charge is -2.25. The molecule has 1 unspecified atom stereocenters. The molecule has 1 fully saturated rings. The first-order valence-corrected chi connectivity index (χ1v) is 9.19. The van der Waals surface area contributed by atoms with E-state index in [0.717, 1.165) is 29.9 Å². The molecule has 7 nitrogen and oxygen atoms in total. The summed E-state index contributed by atoms with van der Waals surface area (Å²) in [5, 5.41) is 16.8. The number of nitrogens with one attached hydrogen (secondary N) is 1. The monoisotopic (exact) mass is 370 g/mol. The van der Waals surface area contributed by atoms with E-state index in [-0.39, 0.29) is 18.5 Å². The van der Waals surface area contributed by atoms with E-state index in [9.17, 15) is 14.7 Å². The summed E-state index contributed by atoms with van der Waals surface area (Å²) >= 11 is 0. The lowest BCUT2D eigenvalue weighted by molar-refractivity contribution is -0.143. The van der Waals surface area contributed by atoms with Crippen molar-refractivity contribution in [2.75, 3.05) is 11.9 Å². The van der Waals surface area contributed by atoms with Crippen LogP contribution in [0.3, 0.4) is 0 Å². The summed E-state index contributed by atoms with van der Waals surface area (Å²) < 4.78 is 1.81. The second kappa shape index (κ2) is 7.52. The van der Waals surface area contributed by atoms with Crippen LogP contribution in [0, 0.1) is 20.8 Å². The number of carbonyl (C=O) groups excluding carboxylic acids is 1. The highest BCUT2D eigenvalue weighted by atomic mass is 16.4. The molecule has 1 aliphatic carbocycles. The van der Waals surface area contributed by atoms with Crippen LogP contribution in [0.5, 0.6) is 0 Å². The molecule has 1 aromatic heterocycles. The van der Waals surface area contributed by atoms with Gasteiger partial charge in [0.1, 0.15) is 6.04 Å². The first-order chi connectivity index (χ1) is 12.8. The fraction of sp³-hybridized carbons (Fsp3) is 0.450.